The summed E-state index contributed by atoms with van der Waals surface area (Å²) < 4.78 is 80.9. The van der Waals surface area contributed by atoms with Gasteiger partial charge in [0.2, 0.25) is 5.88 Å². The molecule has 2 heterocycles. The molecule has 0 N–H and O–H groups in total. The van der Waals surface area contributed by atoms with Crippen LogP contribution in [0.25, 0.3) is 22.1 Å². The van der Waals surface area contributed by atoms with Gasteiger partial charge in [-0.2, -0.15) is 0 Å². The highest BCUT2D eigenvalue weighted by atomic mass is 32.5. The van der Waals surface area contributed by atoms with Gasteiger partial charge in [0.25, 0.3) is 0 Å². The summed E-state index contributed by atoms with van der Waals surface area (Å²) in [5.74, 6) is 0.130. The van der Waals surface area contributed by atoms with E-state index in [0.717, 1.165) is 63.5 Å². The lowest BCUT2D eigenvalue weighted by Crippen LogP contribution is -2.07. The molecule has 0 amide bonds. The Bertz CT molecular complexity index is 1330. The molecule has 0 atom stereocenters. The molecule has 216 valence electrons. The Kier molecular flexibility index (Phi) is 9.30. The van der Waals surface area contributed by atoms with E-state index < -0.39 is 20.7 Å². The van der Waals surface area contributed by atoms with E-state index in [2.05, 4.69) is 4.98 Å². The van der Waals surface area contributed by atoms with Gasteiger partial charge in [-0.3, -0.25) is 4.79 Å². The Hall–Kier alpha value is -3.15. The molecular weight excluding hydrogens is 545 g/mol. The minimum Gasteiger partial charge on any atom is -0.478 e. The van der Waals surface area contributed by atoms with E-state index >= 15 is 0 Å². The monoisotopic (exact) mass is 577 g/mol. The van der Waals surface area contributed by atoms with Crippen molar-refractivity contribution in [3.63, 3.8) is 0 Å². The third-order valence-electron chi connectivity index (χ3n) is 6.05. The predicted octanol–water partition coefficient (Wildman–Crippen LogP) is 8.97. The zero-order valence-electron chi connectivity index (χ0n) is 21.6. The van der Waals surface area contributed by atoms with Crippen LogP contribution in [0, 0.1) is 0 Å². The first-order valence-corrected chi connectivity index (χ1v) is 14.8. The summed E-state index contributed by atoms with van der Waals surface area (Å²) in [6.07, 6.45) is 9.82. The Morgan fingerprint density at radius 1 is 0.872 bits per heavy atom. The van der Waals surface area contributed by atoms with E-state index in [1.165, 1.54) is 12.3 Å². The fourth-order valence-electron chi connectivity index (χ4n) is 3.91. The minimum absolute atomic E-state index is 0.00968. The van der Waals surface area contributed by atoms with Gasteiger partial charge in [0.1, 0.15) is 4.90 Å². The van der Waals surface area contributed by atoms with Gasteiger partial charge in [-0.1, -0.05) is 77.0 Å². The molecule has 12 heteroatoms. The fraction of sp³-hybridized carbons (Fsp3) is 0.444. The van der Waals surface area contributed by atoms with Crippen molar-refractivity contribution >= 4 is 27.2 Å². The van der Waals surface area contributed by atoms with Crippen LogP contribution in [-0.2, 0) is 9.53 Å². The summed E-state index contributed by atoms with van der Waals surface area (Å²) in [6, 6.07) is 5.09. The maximum atomic E-state index is 13.0. The molecule has 0 aliphatic carbocycles. The number of fused-ring (bicyclic) bond motifs is 1. The van der Waals surface area contributed by atoms with E-state index in [9.17, 15) is 29.0 Å². The van der Waals surface area contributed by atoms with Crippen molar-refractivity contribution < 1.29 is 38.1 Å². The van der Waals surface area contributed by atoms with Gasteiger partial charge in [0.05, 0.1) is 25.0 Å². The predicted molar refractivity (Wildman–Crippen MR) is 141 cm³/mol. The average Bonchev–Trinajstić information content (AvgIpc) is 2.87. The van der Waals surface area contributed by atoms with Crippen molar-refractivity contribution in [1.29, 1.82) is 0 Å². The van der Waals surface area contributed by atoms with E-state index in [1.54, 1.807) is 13.0 Å². The van der Waals surface area contributed by atoms with Crippen LogP contribution < -0.4 is 10.4 Å². The molecule has 2 aromatic heterocycles. The number of carbonyl (C=O) groups excluding carboxylic acids is 1. The van der Waals surface area contributed by atoms with Crippen LogP contribution in [0.3, 0.4) is 0 Å². The van der Waals surface area contributed by atoms with Crippen molar-refractivity contribution in [1.82, 2.24) is 4.98 Å². The van der Waals surface area contributed by atoms with Gasteiger partial charge in [-0.25, -0.2) is 9.78 Å². The Balaban J connectivity index is 1.47. The molecule has 0 bridgehead atoms. The number of carbonyl (C=O) groups is 1. The topological polar surface area (TPSA) is 78.6 Å². The van der Waals surface area contributed by atoms with Crippen LogP contribution in [0.2, 0.25) is 0 Å². The first-order chi connectivity index (χ1) is 18.3. The minimum atomic E-state index is -9.81. The van der Waals surface area contributed by atoms with Gasteiger partial charge in [-0.05, 0) is 36.6 Å². The lowest BCUT2D eigenvalue weighted by molar-refractivity contribution is -0.143. The number of benzene rings is 1. The number of ether oxygens (including phenoxy) is 2. The maximum absolute atomic E-state index is 13.0. The summed E-state index contributed by atoms with van der Waals surface area (Å²) in [4.78, 5) is 25.5. The van der Waals surface area contributed by atoms with Crippen molar-refractivity contribution in [3.05, 3.63) is 53.0 Å². The van der Waals surface area contributed by atoms with Gasteiger partial charge >= 0.3 is 21.8 Å². The molecule has 0 fully saturated rings. The van der Waals surface area contributed by atoms with Crippen LogP contribution in [-0.4, -0.2) is 24.2 Å². The van der Waals surface area contributed by atoms with Crippen molar-refractivity contribution in [2.45, 2.75) is 69.6 Å². The highest BCUT2D eigenvalue weighted by molar-refractivity contribution is 8.45. The molecule has 1 aromatic carbocycles. The molecular formula is C27H32F5NO5S. The summed E-state index contributed by atoms with van der Waals surface area (Å²) in [5, 5.41) is 0.427. The molecule has 3 rings (SSSR count). The SMILES string of the molecule is CCC(=O)OCCCCCCCCCCOc1cc2cc(-c3ccc(S(F)(F)(F)(F)F)cc3)c(=O)oc2cn1. The van der Waals surface area contributed by atoms with E-state index in [4.69, 9.17) is 13.9 Å². The van der Waals surface area contributed by atoms with Gasteiger partial charge < -0.3 is 13.9 Å². The number of hydrogen-bond acceptors (Lipinski definition) is 6. The summed E-state index contributed by atoms with van der Waals surface area (Å²) in [6.45, 7) is 2.69. The Morgan fingerprint density at radius 2 is 1.46 bits per heavy atom. The van der Waals surface area contributed by atoms with E-state index in [1.807, 2.05) is 0 Å². The van der Waals surface area contributed by atoms with Crippen LogP contribution >= 0.6 is 10.2 Å². The lowest BCUT2D eigenvalue weighted by Gasteiger charge is -2.40. The number of aromatic nitrogens is 1. The van der Waals surface area contributed by atoms with Gasteiger partial charge in [0, 0.05) is 17.9 Å². The largest absolute Gasteiger partial charge is 0.478 e. The van der Waals surface area contributed by atoms with Crippen molar-refractivity contribution in [2.24, 2.45) is 0 Å². The van der Waals surface area contributed by atoms with E-state index in [-0.39, 0.29) is 34.8 Å². The van der Waals surface area contributed by atoms with Crippen LogP contribution in [0.15, 0.2) is 56.7 Å². The number of esters is 1. The zero-order valence-corrected chi connectivity index (χ0v) is 22.4. The standard InChI is InChI=1S/C27H32F5NO5S/c1-2-26(34)37-16-10-8-6-4-3-5-7-9-15-36-25-18-21-17-23(27(35)38-24(21)19-33-25)20-11-13-22(14-12-20)39(28,29,30,31)32/h11-14,17-19H,2-10,15-16H2,1H3. The third-order valence-corrected chi connectivity index (χ3v) is 7.21. The fourth-order valence-corrected chi connectivity index (χ4v) is 4.56. The van der Waals surface area contributed by atoms with Crippen LogP contribution in [0.5, 0.6) is 5.88 Å². The normalized spacial score (nSPS) is 13.6. The zero-order chi connectivity index (χ0) is 28.6. The molecule has 0 saturated carbocycles. The summed E-state index contributed by atoms with van der Waals surface area (Å²) in [7, 11) is -9.81. The number of unbranched alkanes of at least 4 members (excludes halogenated alkanes) is 7. The average molecular weight is 578 g/mol. The molecule has 0 spiro atoms. The second kappa shape index (κ2) is 11.9. The molecule has 0 radical (unpaired) electrons. The lowest BCUT2D eigenvalue weighted by atomic mass is 10.1. The van der Waals surface area contributed by atoms with Crippen molar-refractivity contribution in [2.75, 3.05) is 13.2 Å². The summed E-state index contributed by atoms with van der Waals surface area (Å²) >= 11 is 0. The van der Waals surface area contributed by atoms with Crippen LogP contribution in [0.4, 0.5) is 19.4 Å². The summed E-state index contributed by atoms with van der Waals surface area (Å²) in [5.41, 5.74) is -0.743. The first kappa shape index (κ1) is 30.4. The van der Waals surface area contributed by atoms with Crippen molar-refractivity contribution in [3.8, 4) is 17.0 Å². The second-order valence-corrected chi connectivity index (χ2v) is 11.7. The first-order valence-electron chi connectivity index (χ1n) is 12.8. The quantitative estimate of drug-likeness (QED) is 0.102. The molecule has 3 aromatic rings. The number of rotatable bonds is 15. The van der Waals surface area contributed by atoms with E-state index in [0.29, 0.717) is 30.9 Å². The molecule has 0 saturated heterocycles. The highest BCUT2D eigenvalue weighted by Crippen LogP contribution is 3.02. The van der Waals surface area contributed by atoms with Gasteiger partial charge in [-0.15, -0.1) is 0 Å². The molecule has 39 heavy (non-hydrogen) atoms. The van der Waals surface area contributed by atoms with Gasteiger partial charge in [0.15, 0.2) is 5.58 Å². The number of hydrogen-bond donors (Lipinski definition) is 0. The number of pyridine rings is 1. The smallest absolute Gasteiger partial charge is 0.344 e. The number of halogens is 5. The third kappa shape index (κ3) is 9.52. The second-order valence-electron chi connectivity index (χ2n) is 9.25. The molecule has 0 unspecified atom stereocenters. The molecule has 0 aliphatic rings. The van der Waals surface area contributed by atoms with Crippen LogP contribution in [0.1, 0.15) is 64.7 Å². The molecule has 6 nitrogen and oxygen atoms in total. The highest BCUT2D eigenvalue weighted by Gasteiger charge is 2.65. The Morgan fingerprint density at radius 3 is 2.05 bits per heavy atom. The maximum Gasteiger partial charge on any atom is 0.344 e. The Labute approximate surface area is 223 Å². The molecule has 0 aliphatic heterocycles. The number of nitrogens with zero attached hydrogens (tertiary/aromatic N) is 1.